The first kappa shape index (κ1) is 6.35. The number of amides is 2. The molecule has 0 aliphatic carbocycles. The van der Waals surface area contributed by atoms with Crippen molar-refractivity contribution >= 4 is 6.03 Å². The second-order valence-corrected chi connectivity index (χ2v) is 2.16. The lowest BCUT2D eigenvalue weighted by atomic mass is 10.1. The molecule has 1 saturated heterocycles. The van der Waals surface area contributed by atoms with Crippen molar-refractivity contribution in [3.05, 3.63) is 0 Å². The molecule has 0 bridgehead atoms. The van der Waals surface area contributed by atoms with Gasteiger partial charge in [0.05, 0.1) is 12.6 Å². The third kappa shape index (κ3) is 0.977. The average Bonchev–Trinajstić information content (AvgIpc) is 1.61. The van der Waals surface area contributed by atoms with E-state index in [1.54, 1.807) is 0 Å². The summed E-state index contributed by atoms with van der Waals surface area (Å²) in [6.07, 6.45) is 0.874. The zero-order valence-corrected chi connectivity index (χ0v) is 5.08. The number of aliphatic hydroxyl groups is 1. The first-order valence-electron chi connectivity index (χ1n) is 2.92. The number of hydrogen-bond donors (Lipinski definition) is 2. The molecule has 0 aromatic rings. The Morgan fingerprint density at radius 1 is 1.89 bits per heavy atom. The lowest BCUT2D eigenvalue weighted by Gasteiger charge is -2.38. The molecule has 0 aromatic carbocycles. The van der Waals surface area contributed by atoms with Gasteiger partial charge in [0.1, 0.15) is 0 Å². The van der Waals surface area contributed by atoms with E-state index in [-0.39, 0.29) is 12.6 Å². The molecule has 0 radical (unpaired) electrons. The van der Waals surface area contributed by atoms with Gasteiger partial charge in [-0.15, -0.1) is 0 Å². The van der Waals surface area contributed by atoms with E-state index in [2.05, 4.69) is 0 Å². The summed E-state index contributed by atoms with van der Waals surface area (Å²) in [4.78, 5) is 11.8. The van der Waals surface area contributed by atoms with Gasteiger partial charge in [0.15, 0.2) is 0 Å². The summed E-state index contributed by atoms with van der Waals surface area (Å²) in [5.41, 5.74) is 4.94. The van der Waals surface area contributed by atoms with Crippen molar-refractivity contribution in [1.29, 1.82) is 0 Å². The van der Waals surface area contributed by atoms with Crippen LogP contribution in [0.2, 0.25) is 0 Å². The maximum Gasteiger partial charge on any atom is 0.315 e. The molecule has 9 heavy (non-hydrogen) atoms. The topological polar surface area (TPSA) is 66.6 Å². The predicted molar refractivity (Wildman–Crippen MR) is 31.8 cm³/mol. The van der Waals surface area contributed by atoms with Crippen molar-refractivity contribution in [3.8, 4) is 0 Å². The predicted octanol–water partition coefficient (Wildman–Crippen LogP) is -0.868. The van der Waals surface area contributed by atoms with Crippen molar-refractivity contribution in [2.75, 3.05) is 13.2 Å². The van der Waals surface area contributed by atoms with E-state index in [1.165, 1.54) is 4.90 Å². The first-order chi connectivity index (χ1) is 4.25. The molecule has 3 N–H and O–H groups in total. The lowest BCUT2D eigenvalue weighted by molar-refractivity contribution is 0.0748. The first-order valence-corrected chi connectivity index (χ1v) is 2.92. The largest absolute Gasteiger partial charge is 0.394 e. The van der Waals surface area contributed by atoms with Gasteiger partial charge in [0.2, 0.25) is 0 Å². The van der Waals surface area contributed by atoms with Crippen LogP contribution < -0.4 is 5.73 Å². The van der Waals surface area contributed by atoms with Crippen LogP contribution in [0.1, 0.15) is 6.42 Å². The number of aliphatic hydroxyl groups excluding tert-OH is 1. The zero-order valence-electron chi connectivity index (χ0n) is 5.08. The van der Waals surface area contributed by atoms with E-state index >= 15 is 0 Å². The fourth-order valence-electron chi connectivity index (χ4n) is 0.921. The summed E-state index contributed by atoms with van der Waals surface area (Å²) in [5, 5.41) is 8.56. The van der Waals surface area contributed by atoms with Crippen LogP contribution in [0.15, 0.2) is 0 Å². The van der Waals surface area contributed by atoms with Gasteiger partial charge in [-0.05, 0) is 6.42 Å². The highest BCUT2D eigenvalue weighted by Crippen LogP contribution is 2.14. The summed E-state index contributed by atoms with van der Waals surface area (Å²) >= 11 is 0. The molecule has 0 spiro atoms. The Labute approximate surface area is 53.2 Å². The Kier molecular flexibility index (Phi) is 1.57. The van der Waals surface area contributed by atoms with Gasteiger partial charge in [-0.2, -0.15) is 0 Å². The normalized spacial score (nSPS) is 25.4. The van der Waals surface area contributed by atoms with Crippen LogP contribution >= 0.6 is 0 Å². The fraction of sp³-hybridized carbons (Fsp3) is 0.800. The van der Waals surface area contributed by atoms with E-state index in [4.69, 9.17) is 10.8 Å². The molecule has 1 heterocycles. The average molecular weight is 130 g/mol. The van der Waals surface area contributed by atoms with Gasteiger partial charge >= 0.3 is 6.03 Å². The maximum atomic E-state index is 10.4. The highest BCUT2D eigenvalue weighted by Gasteiger charge is 2.29. The monoisotopic (exact) mass is 130 g/mol. The standard InChI is InChI=1S/C5H10N2O2/c6-5(9)7-2-1-4(7)3-8/h4,8H,1-3H2,(H2,6,9). The van der Waals surface area contributed by atoms with Gasteiger partial charge < -0.3 is 15.7 Å². The van der Waals surface area contributed by atoms with Gasteiger partial charge in [-0.3, -0.25) is 0 Å². The van der Waals surface area contributed by atoms with Crippen molar-refractivity contribution in [3.63, 3.8) is 0 Å². The van der Waals surface area contributed by atoms with Crippen LogP contribution in [-0.4, -0.2) is 35.2 Å². The number of primary amides is 1. The third-order valence-corrected chi connectivity index (χ3v) is 1.64. The Hall–Kier alpha value is -0.770. The number of nitrogens with two attached hydrogens (primary N) is 1. The number of nitrogens with zero attached hydrogens (tertiary/aromatic N) is 1. The van der Waals surface area contributed by atoms with Crippen LogP contribution in [-0.2, 0) is 0 Å². The quantitative estimate of drug-likeness (QED) is 0.484. The molecule has 4 nitrogen and oxygen atoms in total. The van der Waals surface area contributed by atoms with Gasteiger partial charge in [-0.25, -0.2) is 4.79 Å². The second kappa shape index (κ2) is 2.23. The molecule has 4 heteroatoms. The molecule has 0 saturated carbocycles. The summed E-state index contributed by atoms with van der Waals surface area (Å²) in [7, 11) is 0. The SMILES string of the molecule is NC(=O)N1CCC1CO. The molecular formula is C5H10N2O2. The summed E-state index contributed by atoms with van der Waals surface area (Å²) in [5.74, 6) is 0. The summed E-state index contributed by atoms with van der Waals surface area (Å²) in [6.45, 7) is 0.726. The van der Waals surface area contributed by atoms with Gasteiger partial charge in [0.25, 0.3) is 0 Å². The number of rotatable bonds is 1. The van der Waals surface area contributed by atoms with Gasteiger partial charge in [-0.1, -0.05) is 0 Å². The molecule has 1 fully saturated rings. The van der Waals surface area contributed by atoms with Crippen LogP contribution in [0.25, 0.3) is 0 Å². The van der Waals surface area contributed by atoms with Crippen molar-refractivity contribution in [2.24, 2.45) is 5.73 Å². The molecule has 2 amide bonds. The van der Waals surface area contributed by atoms with Crippen LogP contribution in [0.3, 0.4) is 0 Å². The van der Waals surface area contributed by atoms with Crippen LogP contribution in [0.4, 0.5) is 4.79 Å². The minimum atomic E-state index is -0.430. The van der Waals surface area contributed by atoms with E-state index < -0.39 is 6.03 Å². The number of likely N-dealkylation sites (tertiary alicyclic amines) is 1. The Morgan fingerprint density at radius 2 is 2.56 bits per heavy atom. The molecule has 0 aromatic heterocycles. The summed E-state index contributed by atoms with van der Waals surface area (Å²) < 4.78 is 0. The second-order valence-electron chi connectivity index (χ2n) is 2.16. The third-order valence-electron chi connectivity index (χ3n) is 1.64. The van der Waals surface area contributed by atoms with Crippen LogP contribution in [0.5, 0.6) is 0 Å². The van der Waals surface area contributed by atoms with E-state index in [0.29, 0.717) is 6.54 Å². The smallest absolute Gasteiger partial charge is 0.315 e. The summed E-state index contributed by atoms with van der Waals surface area (Å²) in [6, 6.07) is -0.442. The minimum absolute atomic E-state index is 0.0116. The van der Waals surface area contributed by atoms with Crippen molar-refractivity contribution in [2.45, 2.75) is 12.5 Å². The Morgan fingerprint density at radius 3 is 2.67 bits per heavy atom. The molecule has 1 aliphatic rings. The minimum Gasteiger partial charge on any atom is -0.394 e. The highest BCUT2D eigenvalue weighted by atomic mass is 16.3. The molecule has 1 unspecified atom stereocenters. The number of carbonyl (C=O) groups is 1. The zero-order chi connectivity index (χ0) is 6.85. The van der Waals surface area contributed by atoms with Gasteiger partial charge in [0, 0.05) is 6.54 Å². The molecule has 1 rings (SSSR count). The van der Waals surface area contributed by atoms with E-state index in [9.17, 15) is 4.79 Å². The molecule has 1 atom stereocenters. The van der Waals surface area contributed by atoms with Crippen molar-refractivity contribution < 1.29 is 9.90 Å². The van der Waals surface area contributed by atoms with Crippen molar-refractivity contribution in [1.82, 2.24) is 4.90 Å². The number of carbonyl (C=O) groups excluding carboxylic acids is 1. The number of urea groups is 1. The molecule has 1 aliphatic heterocycles. The lowest BCUT2D eigenvalue weighted by Crippen LogP contribution is -2.54. The maximum absolute atomic E-state index is 10.4. The van der Waals surface area contributed by atoms with E-state index in [1.807, 2.05) is 0 Å². The Balaban J connectivity index is 2.35. The van der Waals surface area contributed by atoms with E-state index in [0.717, 1.165) is 6.42 Å². The number of hydrogen-bond acceptors (Lipinski definition) is 2. The Bertz CT molecular complexity index is 124. The van der Waals surface area contributed by atoms with Crippen LogP contribution in [0, 0.1) is 0 Å². The molecular weight excluding hydrogens is 120 g/mol. The molecule has 52 valence electrons. The fourth-order valence-corrected chi connectivity index (χ4v) is 0.921. The highest BCUT2D eigenvalue weighted by molar-refractivity contribution is 5.73.